The molecule has 2 nitrogen and oxygen atoms in total. The molecule has 2 rings (SSSR count). The molecule has 0 aromatic heterocycles. The Balaban J connectivity index is 1.78. The van der Waals surface area contributed by atoms with Gasteiger partial charge in [-0.2, -0.15) is 0 Å². The molecule has 15 heavy (non-hydrogen) atoms. The van der Waals surface area contributed by atoms with Gasteiger partial charge in [-0.15, -0.1) is 23.2 Å². The number of amides is 1. The van der Waals surface area contributed by atoms with Gasteiger partial charge >= 0.3 is 0 Å². The first kappa shape index (κ1) is 11.5. The van der Waals surface area contributed by atoms with Crippen LogP contribution in [0.3, 0.4) is 0 Å². The van der Waals surface area contributed by atoms with Crippen molar-refractivity contribution in [2.45, 2.75) is 43.4 Å². The quantitative estimate of drug-likeness (QED) is 0.766. The largest absolute Gasteiger partial charge is 0.355 e. The van der Waals surface area contributed by atoms with Gasteiger partial charge in [-0.3, -0.25) is 4.79 Å². The van der Waals surface area contributed by atoms with Crippen LogP contribution < -0.4 is 5.32 Å². The number of rotatable bonds is 3. The fourth-order valence-electron chi connectivity index (χ4n) is 2.29. The molecule has 86 valence electrons. The van der Waals surface area contributed by atoms with Gasteiger partial charge in [0.1, 0.15) is 4.33 Å². The van der Waals surface area contributed by atoms with Crippen LogP contribution in [-0.4, -0.2) is 16.8 Å². The lowest BCUT2D eigenvalue weighted by atomic mass is 10.1. The van der Waals surface area contributed by atoms with E-state index in [1.54, 1.807) is 0 Å². The number of halogens is 2. The number of alkyl halides is 2. The van der Waals surface area contributed by atoms with Crippen LogP contribution in [0, 0.1) is 11.3 Å². The van der Waals surface area contributed by atoms with E-state index in [4.69, 9.17) is 23.2 Å². The van der Waals surface area contributed by atoms with Crippen molar-refractivity contribution in [3.8, 4) is 0 Å². The first-order chi connectivity index (χ1) is 6.96. The van der Waals surface area contributed by atoms with Crippen molar-refractivity contribution in [1.82, 2.24) is 5.32 Å². The van der Waals surface area contributed by atoms with Gasteiger partial charge in [-0.1, -0.05) is 12.8 Å². The lowest BCUT2D eigenvalue weighted by molar-refractivity contribution is -0.125. The monoisotopic (exact) mass is 249 g/mol. The highest BCUT2D eigenvalue weighted by atomic mass is 35.5. The van der Waals surface area contributed by atoms with Gasteiger partial charge in [0.05, 0.1) is 5.41 Å². The summed E-state index contributed by atoms with van der Waals surface area (Å²) in [5, 5.41) is 2.97. The average Bonchev–Trinajstić information content (AvgIpc) is 2.57. The van der Waals surface area contributed by atoms with Crippen LogP contribution in [0.15, 0.2) is 0 Å². The van der Waals surface area contributed by atoms with Crippen molar-refractivity contribution in [3.63, 3.8) is 0 Å². The molecule has 0 radical (unpaired) electrons. The molecule has 0 saturated heterocycles. The zero-order valence-corrected chi connectivity index (χ0v) is 10.5. The van der Waals surface area contributed by atoms with E-state index in [0.29, 0.717) is 12.3 Å². The molecule has 0 spiro atoms. The Hall–Kier alpha value is 0.0500. The number of hydrogen-bond donors (Lipinski definition) is 1. The highest BCUT2D eigenvalue weighted by Gasteiger charge is 2.67. The van der Waals surface area contributed by atoms with Crippen molar-refractivity contribution in [2.24, 2.45) is 11.3 Å². The molecule has 4 heteroatoms. The van der Waals surface area contributed by atoms with E-state index < -0.39 is 9.75 Å². The summed E-state index contributed by atoms with van der Waals surface area (Å²) in [6, 6.07) is 0. The third-order valence-electron chi connectivity index (χ3n) is 3.79. The summed E-state index contributed by atoms with van der Waals surface area (Å²) in [4.78, 5) is 11.8. The maximum atomic E-state index is 11.8. The van der Waals surface area contributed by atoms with Crippen molar-refractivity contribution in [3.05, 3.63) is 0 Å². The second-order valence-corrected chi connectivity index (χ2v) is 6.56. The van der Waals surface area contributed by atoms with Crippen molar-refractivity contribution in [1.29, 1.82) is 0 Å². The molecule has 0 unspecified atom stereocenters. The molecule has 2 aliphatic carbocycles. The lowest BCUT2D eigenvalue weighted by Crippen LogP contribution is -2.36. The van der Waals surface area contributed by atoms with E-state index in [-0.39, 0.29) is 5.91 Å². The van der Waals surface area contributed by atoms with E-state index in [2.05, 4.69) is 5.32 Å². The molecule has 0 aromatic rings. The standard InChI is InChI=1S/C11H17Cl2NO/c1-10(7-11(10,12)13)9(15)14-6-8-4-2-3-5-8/h8H,2-7H2,1H3,(H,14,15)/t10-/m1/s1. The van der Waals surface area contributed by atoms with Crippen LogP contribution in [0.25, 0.3) is 0 Å². The van der Waals surface area contributed by atoms with Gasteiger partial charge in [-0.05, 0) is 32.1 Å². The van der Waals surface area contributed by atoms with Gasteiger partial charge in [0.15, 0.2) is 0 Å². The van der Waals surface area contributed by atoms with Crippen molar-refractivity contribution in [2.75, 3.05) is 6.54 Å². The minimum atomic E-state index is -0.841. The van der Waals surface area contributed by atoms with E-state index >= 15 is 0 Å². The third kappa shape index (κ3) is 2.12. The zero-order chi connectivity index (χ0) is 11.1. The van der Waals surface area contributed by atoms with Crippen molar-refractivity contribution < 1.29 is 4.79 Å². The molecular weight excluding hydrogens is 233 g/mol. The average molecular weight is 250 g/mol. The second-order valence-electron chi connectivity index (χ2n) is 5.07. The molecule has 2 saturated carbocycles. The fraction of sp³-hybridized carbons (Fsp3) is 0.909. The number of nitrogens with one attached hydrogen (secondary N) is 1. The second kappa shape index (κ2) is 3.81. The van der Waals surface area contributed by atoms with E-state index in [0.717, 1.165) is 6.54 Å². The smallest absolute Gasteiger partial charge is 0.229 e. The van der Waals surface area contributed by atoms with Crippen LogP contribution in [0.4, 0.5) is 0 Å². The van der Waals surface area contributed by atoms with E-state index in [1.807, 2.05) is 6.92 Å². The molecule has 0 aromatic carbocycles. The molecule has 1 N–H and O–H groups in total. The van der Waals surface area contributed by atoms with Crippen LogP contribution in [0.5, 0.6) is 0 Å². The predicted octanol–water partition coefficient (Wildman–Crippen LogP) is 2.88. The molecule has 0 aliphatic heterocycles. The molecular formula is C11H17Cl2NO. The molecule has 2 fully saturated rings. The zero-order valence-electron chi connectivity index (χ0n) is 8.98. The Morgan fingerprint density at radius 1 is 1.40 bits per heavy atom. The summed E-state index contributed by atoms with van der Waals surface area (Å²) in [6.07, 6.45) is 5.65. The summed E-state index contributed by atoms with van der Waals surface area (Å²) < 4.78 is -0.841. The molecule has 0 heterocycles. The van der Waals surface area contributed by atoms with Crippen molar-refractivity contribution >= 4 is 29.1 Å². The first-order valence-electron chi connectivity index (χ1n) is 5.62. The Labute approximate surface area is 101 Å². The van der Waals surface area contributed by atoms with Gasteiger partial charge in [0.25, 0.3) is 0 Å². The lowest BCUT2D eigenvalue weighted by Gasteiger charge is -2.15. The topological polar surface area (TPSA) is 29.1 Å². The molecule has 1 atom stereocenters. The summed E-state index contributed by atoms with van der Waals surface area (Å²) in [7, 11) is 0. The predicted molar refractivity (Wildman–Crippen MR) is 62.1 cm³/mol. The van der Waals surface area contributed by atoms with Gasteiger partial charge in [-0.25, -0.2) is 0 Å². The minimum absolute atomic E-state index is 0.0133. The first-order valence-corrected chi connectivity index (χ1v) is 6.37. The molecule has 1 amide bonds. The third-order valence-corrected chi connectivity index (χ3v) is 4.89. The normalized spacial score (nSPS) is 34.1. The van der Waals surface area contributed by atoms with Crippen LogP contribution in [0.1, 0.15) is 39.0 Å². The van der Waals surface area contributed by atoms with Gasteiger partial charge in [0.2, 0.25) is 5.91 Å². The van der Waals surface area contributed by atoms with Crippen LogP contribution in [0.2, 0.25) is 0 Å². The molecule has 0 bridgehead atoms. The van der Waals surface area contributed by atoms with E-state index in [1.165, 1.54) is 25.7 Å². The van der Waals surface area contributed by atoms with Gasteiger partial charge < -0.3 is 5.32 Å². The summed E-state index contributed by atoms with van der Waals surface area (Å²) >= 11 is 11.9. The summed E-state index contributed by atoms with van der Waals surface area (Å²) in [5.74, 6) is 0.677. The highest BCUT2D eigenvalue weighted by Crippen LogP contribution is 2.63. The fourth-order valence-corrected chi connectivity index (χ4v) is 3.00. The minimum Gasteiger partial charge on any atom is -0.355 e. The van der Waals surface area contributed by atoms with Crippen LogP contribution in [-0.2, 0) is 4.79 Å². The van der Waals surface area contributed by atoms with Gasteiger partial charge in [0, 0.05) is 6.54 Å². The Morgan fingerprint density at radius 2 is 1.93 bits per heavy atom. The van der Waals surface area contributed by atoms with Crippen LogP contribution >= 0.6 is 23.2 Å². The maximum Gasteiger partial charge on any atom is 0.229 e. The molecule has 2 aliphatic rings. The Morgan fingerprint density at radius 3 is 2.40 bits per heavy atom. The number of carbonyl (C=O) groups excluding carboxylic acids is 1. The maximum absolute atomic E-state index is 11.8. The summed E-state index contributed by atoms with van der Waals surface area (Å²) in [5.41, 5.74) is -0.561. The Bertz CT molecular complexity index is 274. The Kier molecular flexibility index (Phi) is 2.93. The number of carbonyl (C=O) groups is 1. The number of hydrogen-bond acceptors (Lipinski definition) is 1. The summed E-state index contributed by atoms with van der Waals surface area (Å²) in [6.45, 7) is 2.62. The van der Waals surface area contributed by atoms with E-state index in [9.17, 15) is 4.79 Å². The highest BCUT2D eigenvalue weighted by molar-refractivity contribution is 6.53. The SMILES string of the molecule is C[C@]1(C(=O)NCC2CCCC2)CC1(Cl)Cl.